The quantitative estimate of drug-likeness (QED) is 0.820. The van der Waals surface area contributed by atoms with Gasteiger partial charge in [0.25, 0.3) is 0 Å². The van der Waals surface area contributed by atoms with Crippen molar-refractivity contribution in [1.29, 1.82) is 0 Å². The van der Waals surface area contributed by atoms with E-state index in [4.69, 9.17) is 5.73 Å². The predicted octanol–water partition coefficient (Wildman–Crippen LogP) is 2.08. The van der Waals surface area contributed by atoms with E-state index in [0.29, 0.717) is 11.7 Å². The second kappa shape index (κ2) is 3.97. The van der Waals surface area contributed by atoms with Gasteiger partial charge in [-0.25, -0.2) is 9.67 Å². The van der Waals surface area contributed by atoms with Gasteiger partial charge in [0.15, 0.2) is 5.65 Å². The molecule has 3 heterocycles. The number of nitrogens with two attached hydrogens (primary N) is 1. The number of nitrogens with zero attached hydrogens (tertiary/aromatic N) is 3. The maximum atomic E-state index is 5.71. The highest BCUT2D eigenvalue weighted by molar-refractivity contribution is 7.99. The minimum Gasteiger partial charge on any atom is -0.397 e. The van der Waals surface area contributed by atoms with Crippen LogP contribution in [0, 0.1) is 0 Å². The number of pyridine rings is 1. The van der Waals surface area contributed by atoms with Gasteiger partial charge in [0.1, 0.15) is 0 Å². The largest absolute Gasteiger partial charge is 0.397 e. The summed E-state index contributed by atoms with van der Waals surface area (Å²) in [6, 6.07) is 2.43. The van der Waals surface area contributed by atoms with Crippen molar-refractivity contribution in [3.8, 4) is 0 Å². The first kappa shape index (κ1) is 9.96. The van der Waals surface area contributed by atoms with Gasteiger partial charge in [-0.05, 0) is 24.7 Å². The molecule has 0 bridgehead atoms. The van der Waals surface area contributed by atoms with Gasteiger partial charge in [0, 0.05) is 11.1 Å². The molecule has 1 aliphatic rings. The molecule has 1 unspecified atom stereocenters. The van der Waals surface area contributed by atoms with Crippen LogP contribution in [0.5, 0.6) is 0 Å². The molecule has 2 aromatic rings. The standard InChI is InChI=1S/C11H14N4S/c12-9-4-8-5-14-15(11(8)13-6-9)10-2-1-3-16-7-10/h4-6,10H,1-3,7,12H2. The molecule has 1 atom stereocenters. The molecule has 1 fully saturated rings. The Morgan fingerprint density at radius 1 is 1.44 bits per heavy atom. The van der Waals surface area contributed by atoms with Gasteiger partial charge < -0.3 is 5.73 Å². The average molecular weight is 234 g/mol. The fraction of sp³-hybridized carbons (Fsp3) is 0.455. The first-order valence-electron chi connectivity index (χ1n) is 5.51. The van der Waals surface area contributed by atoms with Crippen molar-refractivity contribution in [1.82, 2.24) is 14.8 Å². The molecule has 0 saturated carbocycles. The Bertz CT molecular complexity index is 502. The maximum absolute atomic E-state index is 5.71. The number of hydrogen-bond donors (Lipinski definition) is 1. The highest BCUT2D eigenvalue weighted by Crippen LogP contribution is 2.28. The number of thioether (sulfide) groups is 1. The van der Waals surface area contributed by atoms with Crippen molar-refractivity contribution in [3.63, 3.8) is 0 Å². The van der Waals surface area contributed by atoms with Crippen LogP contribution < -0.4 is 5.73 Å². The zero-order valence-corrected chi connectivity index (χ0v) is 9.78. The SMILES string of the molecule is Nc1cnc2c(cnn2C2CCCSC2)c1. The van der Waals surface area contributed by atoms with Crippen LogP contribution in [0.2, 0.25) is 0 Å². The molecule has 0 aromatic carbocycles. The lowest BCUT2D eigenvalue weighted by atomic mass is 10.2. The predicted molar refractivity (Wildman–Crippen MR) is 67.5 cm³/mol. The van der Waals surface area contributed by atoms with Gasteiger partial charge in [0.05, 0.1) is 24.1 Å². The second-order valence-corrected chi connectivity index (χ2v) is 5.29. The van der Waals surface area contributed by atoms with Crippen LogP contribution in [0.1, 0.15) is 18.9 Å². The molecular formula is C11H14N4S. The normalized spacial score (nSPS) is 21.4. The molecule has 2 N–H and O–H groups in total. The van der Waals surface area contributed by atoms with Crippen molar-refractivity contribution in [2.24, 2.45) is 0 Å². The third-order valence-corrected chi connectivity index (χ3v) is 4.13. The number of anilines is 1. The van der Waals surface area contributed by atoms with E-state index in [0.717, 1.165) is 16.8 Å². The summed E-state index contributed by atoms with van der Waals surface area (Å²) < 4.78 is 2.06. The molecule has 1 saturated heterocycles. The lowest BCUT2D eigenvalue weighted by molar-refractivity contribution is 0.465. The maximum Gasteiger partial charge on any atom is 0.158 e. The zero-order valence-electron chi connectivity index (χ0n) is 8.97. The van der Waals surface area contributed by atoms with Crippen molar-refractivity contribution >= 4 is 28.5 Å². The number of aromatic nitrogens is 3. The van der Waals surface area contributed by atoms with Crippen LogP contribution >= 0.6 is 11.8 Å². The summed E-state index contributed by atoms with van der Waals surface area (Å²) in [6.07, 6.45) is 6.04. The van der Waals surface area contributed by atoms with Crippen LogP contribution in [0.3, 0.4) is 0 Å². The summed E-state index contributed by atoms with van der Waals surface area (Å²) in [5, 5.41) is 5.48. The highest BCUT2D eigenvalue weighted by Gasteiger charge is 2.18. The molecule has 0 amide bonds. The Hall–Kier alpha value is -1.23. The van der Waals surface area contributed by atoms with Crippen LogP contribution in [-0.2, 0) is 0 Å². The fourth-order valence-corrected chi connectivity index (χ4v) is 3.26. The first-order valence-corrected chi connectivity index (χ1v) is 6.66. The first-order chi connectivity index (χ1) is 7.84. The molecule has 2 aromatic heterocycles. The molecule has 16 heavy (non-hydrogen) atoms. The Kier molecular flexibility index (Phi) is 2.47. The number of hydrogen-bond acceptors (Lipinski definition) is 4. The summed E-state index contributed by atoms with van der Waals surface area (Å²) in [6.45, 7) is 0. The zero-order chi connectivity index (χ0) is 11.0. The second-order valence-electron chi connectivity index (χ2n) is 4.14. The van der Waals surface area contributed by atoms with Crippen LogP contribution in [0.25, 0.3) is 11.0 Å². The summed E-state index contributed by atoms with van der Waals surface area (Å²) in [5.41, 5.74) is 7.37. The molecule has 5 heteroatoms. The lowest BCUT2D eigenvalue weighted by Gasteiger charge is -2.21. The van der Waals surface area contributed by atoms with E-state index >= 15 is 0 Å². The van der Waals surface area contributed by atoms with Crippen molar-refractivity contribution in [2.45, 2.75) is 18.9 Å². The van der Waals surface area contributed by atoms with Gasteiger partial charge in [-0.3, -0.25) is 0 Å². The molecule has 84 valence electrons. The van der Waals surface area contributed by atoms with E-state index in [2.05, 4.69) is 14.8 Å². The Morgan fingerprint density at radius 3 is 3.19 bits per heavy atom. The van der Waals surface area contributed by atoms with Gasteiger partial charge in [-0.15, -0.1) is 0 Å². The summed E-state index contributed by atoms with van der Waals surface area (Å²) in [4.78, 5) is 4.38. The van der Waals surface area contributed by atoms with Crippen LogP contribution in [0.15, 0.2) is 18.5 Å². The van der Waals surface area contributed by atoms with Gasteiger partial charge in [-0.2, -0.15) is 16.9 Å². The van der Waals surface area contributed by atoms with Crippen molar-refractivity contribution < 1.29 is 0 Å². The molecular weight excluding hydrogens is 220 g/mol. The minimum absolute atomic E-state index is 0.493. The van der Waals surface area contributed by atoms with Crippen LogP contribution in [0.4, 0.5) is 5.69 Å². The Morgan fingerprint density at radius 2 is 2.38 bits per heavy atom. The van der Waals surface area contributed by atoms with E-state index in [1.54, 1.807) is 6.20 Å². The van der Waals surface area contributed by atoms with Crippen molar-refractivity contribution in [2.75, 3.05) is 17.2 Å². The van der Waals surface area contributed by atoms with Gasteiger partial charge in [0.2, 0.25) is 0 Å². The molecule has 0 radical (unpaired) electrons. The van der Waals surface area contributed by atoms with E-state index < -0.39 is 0 Å². The van der Waals surface area contributed by atoms with Crippen LogP contribution in [-0.4, -0.2) is 26.3 Å². The van der Waals surface area contributed by atoms with E-state index in [9.17, 15) is 0 Å². The highest BCUT2D eigenvalue weighted by atomic mass is 32.2. The number of fused-ring (bicyclic) bond motifs is 1. The fourth-order valence-electron chi connectivity index (χ4n) is 2.14. The third kappa shape index (κ3) is 1.65. The summed E-state index contributed by atoms with van der Waals surface area (Å²) >= 11 is 2.00. The third-order valence-electron chi connectivity index (χ3n) is 2.94. The molecule has 0 aliphatic carbocycles. The minimum atomic E-state index is 0.493. The molecule has 3 rings (SSSR count). The lowest BCUT2D eigenvalue weighted by Crippen LogP contribution is -2.17. The summed E-state index contributed by atoms with van der Waals surface area (Å²) in [7, 11) is 0. The molecule has 4 nitrogen and oxygen atoms in total. The van der Waals surface area contributed by atoms with E-state index in [-0.39, 0.29) is 0 Å². The van der Waals surface area contributed by atoms with Crippen molar-refractivity contribution in [3.05, 3.63) is 18.5 Å². The number of nitrogen functional groups attached to an aromatic ring is 1. The smallest absolute Gasteiger partial charge is 0.158 e. The Balaban J connectivity index is 2.03. The van der Waals surface area contributed by atoms with Gasteiger partial charge in [-0.1, -0.05) is 0 Å². The van der Waals surface area contributed by atoms with E-state index in [1.807, 2.05) is 24.0 Å². The monoisotopic (exact) mass is 234 g/mol. The van der Waals surface area contributed by atoms with Gasteiger partial charge >= 0.3 is 0 Å². The van der Waals surface area contributed by atoms with E-state index in [1.165, 1.54) is 18.6 Å². The Labute approximate surface area is 98.2 Å². The average Bonchev–Trinajstić information content (AvgIpc) is 2.73. The topological polar surface area (TPSA) is 56.7 Å². The summed E-state index contributed by atoms with van der Waals surface area (Å²) in [5.74, 6) is 2.42. The molecule has 1 aliphatic heterocycles. The number of rotatable bonds is 1. The molecule has 0 spiro atoms.